The van der Waals surface area contributed by atoms with Crippen LogP contribution in [0.3, 0.4) is 0 Å². The number of ether oxygens (including phenoxy) is 1. The average Bonchev–Trinajstić information content (AvgIpc) is 2.58. The minimum absolute atomic E-state index is 0.411. The minimum Gasteiger partial charge on any atom is -0.418 e. The molecule has 16 heavy (non-hydrogen) atoms. The van der Waals surface area contributed by atoms with Gasteiger partial charge in [-0.15, -0.1) is 0 Å². The van der Waals surface area contributed by atoms with Crippen LogP contribution in [-0.2, 0) is 10.4 Å². The van der Waals surface area contributed by atoms with Crippen molar-refractivity contribution in [3.05, 3.63) is 29.8 Å². The Labute approximate surface area is 97.3 Å². The zero-order valence-electron chi connectivity index (χ0n) is 9.06. The molecular weight excluding hydrogens is 224 g/mol. The van der Waals surface area contributed by atoms with E-state index in [-0.39, 0.29) is 0 Å². The predicted octanol–water partition coefficient (Wildman–Crippen LogP) is 2.66. The normalized spacial score (nSPS) is 11.7. The number of thiophene rings is 1. The highest BCUT2D eigenvalue weighted by molar-refractivity contribution is 7.21. The van der Waals surface area contributed by atoms with Gasteiger partial charge >= 0.3 is 0 Å². The summed E-state index contributed by atoms with van der Waals surface area (Å²) in [5.41, 5.74) is -0.0567. The monoisotopic (exact) mass is 236 g/mol. The number of carbonyl (C=O) groups excluding carboxylic acids is 1. The Kier molecular flexibility index (Phi) is 2.69. The van der Waals surface area contributed by atoms with Crippen molar-refractivity contribution in [1.82, 2.24) is 0 Å². The van der Waals surface area contributed by atoms with Gasteiger partial charge in [0.25, 0.3) is 6.47 Å². The molecule has 1 aromatic carbocycles. The predicted molar refractivity (Wildman–Crippen MR) is 63.8 cm³/mol. The van der Waals surface area contributed by atoms with Crippen LogP contribution in [0.25, 0.3) is 10.1 Å². The molecule has 2 aromatic rings. The van der Waals surface area contributed by atoms with E-state index in [9.17, 15) is 9.90 Å². The topological polar surface area (TPSA) is 46.5 Å². The fourth-order valence-corrected chi connectivity index (χ4v) is 2.77. The third kappa shape index (κ3) is 1.94. The number of benzene rings is 1. The second kappa shape index (κ2) is 3.88. The maximum Gasteiger partial charge on any atom is 0.299 e. The molecule has 0 bridgehead atoms. The molecular formula is C12H12O3S. The highest BCUT2D eigenvalue weighted by Gasteiger charge is 2.20. The molecule has 0 aliphatic heterocycles. The second-order valence-electron chi connectivity index (χ2n) is 4.06. The molecule has 1 heterocycles. The van der Waals surface area contributed by atoms with Gasteiger partial charge in [-0.3, -0.25) is 4.79 Å². The van der Waals surface area contributed by atoms with Gasteiger partial charge in [-0.2, -0.15) is 0 Å². The summed E-state index contributed by atoms with van der Waals surface area (Å²) in [5.74, 6) is 0. The second-order valence-corrected chi connectivity index (χ2v) is 5.08. The number of aliphatic hydroxyl groups is 1. The third-order valence-electron chi connectivity index (χ3n) is 2.34. The number of fused-ring (bicyclic) bond motifs is 1. The molecule has 0 unspecified atom stereocenters. The summed E-state index contributed by atoms with van der Waals surface area (Å²) in [6, 6.07) is 7.49. The summed E-state index contributed by atoms with van der Waals surface area (Å²) in [6.07, 6.45) is 0. The highest BCUT2D eigenvalue weighted by atomic mass is 32.1. The van der Waals surface area contributed by atoms with Crippen molar-refractivity contribution in [2.24, 2.45) is 0 Å². The molecule has 1 aromatic heterocycles. The number of rotatable bonds is 3. The molecule has 0 aliphatic carbocycles. The van der Waals surface area contributed by atoms with Crippen LogP contribution in [0.15, 0.2) is 24.3 Å². The molecule has 1 N–H and O–H groups in total. The third-order valence-corrected chi connectivity index (χ3v) is 3.42. The van der Waals surface area contributed by atoms with Crippen molar-refractivity contribution in [2.75, 3.05) is 0 Å². The van der Waals surface area contributed by atoms with Crippen LogP contribution in [0.1, 0.15) is 19.4 Å². The van der Waals surface area contributed by atoms with Gasteiger partial charge in [0.1, 0.15) is 0 Å². The Morgan fingerprint density at radius 2 is 2.19 bits per heavy atom. The average molecular weight is 236 g/mol. The molecule has 0 spiro atoms. The van der Waals surface area contributed by atoms with Crippen molar-refractivity contribution >= 4 is 27.9 Å². The van der Waals surface area contributed by atoms with Crippen molar-refractivity contribution in [2.45, 2.75) is 19.4 Å². The summed E-state index contributed by atoms with van der Waals surface area (Å²) in [6.45, 7) is 3.89. The lowest BCUT2D eigenvalue weighted by Crippen LogP contribution is -2.15. The van der Waals surface area contributed by atoms with Crippen molar-refractivity contribution in [1.29, 1.82) is 0 Å². The Morgan fingerprint density at radius 1 is 1.44 bits per heavy atom. The van der Waals surface area contributed by atoms with Crippen LogP contribution in [0.2, 0.25) is 0 Å². The van der Waals surface area contributed by atoms with E-state index in [1.54, 1.807) is 19.9 Å². The van der Waals surface area contributed by atoms with Crippen LogP contribution < -0.4 is 4.74 Å². The van der Waals surface area contributed by atoms with E-state index < -0.39 is 5.60 Å². The minimum atomic E-state index is -0.900. The van der Waals surface area contributed by atoms with Crippen molar-refractivity contribution in [3.8, 4) is 5.06 Å². The van der Waals surface area contributed by atoms with Gasteiger partial charge < -0.3 is 9.84 Å². The molecule has 3 nitrogen and oxygen atoms in total. The summed E-state index contributed by atoms with van der Waals surface area (Å²) >= 11 is 1.36. The van der Waals surface area contributed by atoms with Gasteiger partial charge in [-0.05, 0) is 19.2 Å². The van der Waals surface area contributed by atoms with Crippen LogP contribution >= 0.6 is 11.3 Å². The largest absolute Gasteiger partial charge is 0.418 e. The first-order valence-corrected chi connectivity index (χ1v) is 5.70. The fraction of sp³-hybridized carbons (Fsp3) is 0.250. The lowest BCUT2D eigenvalue weighted by Gasteiger charge is -2.18. The Morgan fingerprint density at radius 3 is 2.81 bits per heavy atom. The summed E-state index contributed by atoms with van der Waals surface area (Å²) in [4.78, 5) is 10.3. The maximum atomic E-state index is 10.3. The van der Waals surface area contributed by atoms with E-state index >= 15 is 0 Å². The van der Waals surface area contributed by atoms with Crippen LogP contribution in [0.4, 0.5) is 0 Å². The molecule has 2 rings (SSSR count). The van der Waals surface area contributed by atoms with Crippen molar-refractivity contribution < 1.29 is 14.6 Å². The number of carbonyl (C=O) groups is 1. The molecule has 0 amide bonds. The first-order chi connectivity index (χ1) is 7.52. The van der Waals surface area contributed by atoms with Gasteiger partial charge in [-0.25, -0.2) is 0 Å². The summed E-state index contributed by atoms with van der Waals surface area (Å²) < 4.78 is 5.77. The van der Waals surface area contributed by atoms with Crippen molar-refractivity contribution in [3.63, 3.8) is 0 Å². The van der Waals surface area contributed by atoms with Gasteiger partial charge in [0.05, 0.1) is 5.60 Å². The Bertz CT molecular complexity index is 523. The molecule has 0 aliphatic rings. The maximum absolute atomic E-state index is 10.3. The quantitative estimate of drug-likeness (QED) is 0.833. The zero-order valence-corrected chi connectivity index (χ0v) is 9.88. The fourth-order valence-electron chi connectivity index (χ4n) is 1.63. The number of hydrogen-bond acceptors (Lipinski definition) is 4. The number of hydrogen-bond donors (Lipinski definition) is 1. The van der Waals surface area contributed by atoms with E-state index in [0.717, 1.165) is 15.6 Å². The smallest absolute Gasteiger partial charge is 0.299 e. The summed E-state index contributed by atoms with van der Waals surface area (Å²) in [5, 5.41) is 11.5. The van der Waals surface area contributed by atoms with Crippen LogP contribution in [0, 0.1) is 0 Å². The zero-order chi connectivity index (χ0) is 11.8. The first-order valence-electron chi connectivity index (χ1n) is 4.88. The lowest BCUT2D eigenvalue weighted by atomic mass is 9.97. The van der Waals surface area contributed by atoms with E-state index in [0.29, 0.717) is 11.5 Å². The molecule has 84 valence electrons. The van der Waals surface area contributed by atoms with E-state index in [1.807, 2.05) is 18.2 Å². The Balaban J connectivity index is 2.63. The van der Waals surface area contributed by atoms with E-state index in [1.165, 1.54) is 11.3 Å². The van der Waals surface area contributed by atoms with Crippen LogP contribution in [-0.4, -0.2) is 11.6 Å². The molecule has 4 heteroatoms. The first kappa shape index (κ1) is 11.1. The highest BCUT2D eigenvalue weighted by Crippen LogP contribution is 2.37. The molecule has 0 atom stereocenters. The van der Waals surface area contributed by atoms with Gasteiger partial charge in [0.2, 0.25) is 0 Å². The molecule has 0 fully saturated rings. The molecule has 0 radical (unpaired) electrons. The van der Waals surface area contributed by atoms with Gasteiger partial charge in [-0.1, -0.05) is 29.5 Å². The van der Waals surface area contributed by atoms with Crippen LogP contribution in [0.5, 0.6) is 5.06 Å². The Hall–Kier alpha value is -1.39. The summed E-state index contributed by atoms with van der Waals surface area (Å²) in [7, 11) is 0. The molecule has 0 saturated heterocycles. The molecule has 0 saturated carbocycles. The van der Waals surface area contributed by atoms with Gasteiger partial charge in [0.15, 0.2) is 5.06 Å². The SMILES string of the molecule is CC(C)(O)c1cccc2cc(OC=O)sc12. The standard InChI is InChI=1S/C12H12O3S/c1-12(2,14)9-5-3-4-8-6-10(15-7-13)16-11(8)9/h3-7,14H,1-2H3. The van der Waals surface area contributed by atoms with Gasteiger partial charge in [0, 0.05) is 16.3 Å². The lowest BCUT2D eigenvalue weighted by molar-refractivity contribution is -0.120. The van der Waals surface area contributed by atoms with E-state index in [4.69, 9.17) is 4.74 Å². The van der Waals surface area contributed by atoms with E-state index in [2.05, 4.69) is 0 Å².